The minimum absolute atomic E-state index is 0.0501. The van der Waals surface area contributed by atoms with Gasteiger partial charge in [-0.25, -0.2) is 0 Å². The summed E-state index contributed by atoms with van der Waals surface area (Å²) in [5, 5.41) is 0. The summed E-state index contributed by atoms with van der Waals surface area (Å²) in [6.45, 7) is 10.7. The Morgan fingerprint density at radius 1 is 1.36 bits per heavy atom. The van der Waals surface area contributed by atoms with Crippen molar-refractivity contribution in [2.45, 2.75) is 52.5 Å². The number of alkyl halides is 1. The van der Waals surface area contributed by atoms with E-state index < -0.39 is 0 Å². The largest absolute Gasteiger partial charge is 0.298 e. The Balaban J connectivity index is 2.68. The molecule has 0 aromatic rings. The first kappa shape index (κ1) is 12.0. The molecule has 0 amide bonds. The van der Waals surface area contributed by atoms with Crippen LogP contribution in [-0.2, 0) is 0 Å². The minimum Gasteiger partial charge on any atom is -0.298 e. The lowest BCUT2D eigenvalue weighted by Gasteiger charge is -2.46. The third kappa shape index (κ3) is 2.47. The van der Waals surface area contributed by atoms with Crippen LogP contribution >= 0.6 is 0 Å². The molecule has 1 nitrogen and oxygen atoms in total. The molecule has 84 valence electrons. The zero-order valence-corrected chi connectivity index (χ0v) is 10.1. The average molecular weight is 201 g/mol. The Morgan fingerprint density at radius 2 is 2.00 bits per heavy atom. The van der Waals surface area contributed by atoms with Crippen molar-refractivity contribution in [1.82, 2.24) is 4.90 Å². The van der Waals surface area contributed by atoms with Gasteiger partial charge >= 0.3 is 0 Å². The van der Waals surface area contributed by atoms with E-state index >= 15 is 0 Å². The normalized spacial score (nSPS) is 30.6. The van der Waals surface area contributed by atoms with Crippen molar-refractivity contribution in [3.63, 3.8) is 0 Å². The van der Waals surface area contributed by atoms with Crippen LogP contribution in [0.1, 0.15) is 47.0 Å². The van der Waals surface area contributed by atoms with E-state index in [-0.39, 0.29) is 17.6 Å². The molecule has 1 fully saturated rings. The van der Waals surface area contributed by atoms with E-state index in [1.165, 1.54) is 0 Å². The van der Waals surface area contributed by atoms with E-state index in [0.29, 0.717) is 0 Å². The van der Waals surface area contributed by atoms with Crippen LogP contribution in [0.3, 0.4) is 0 Å². The molecule has 0 aromatic carbocycles. The summed E-state index contributed by atoms with van der Waals surface area (Å²) in [4.78, 5) is 2.43. The molecule has 1 rings (SSSR count). The molecular formula is C12H24FN. The van der Waals surface area contributed by atoms with Gasteiger partial charge in [0.15, 0.2) is 0 Å². The predicted octanol–water partition coefficient (Wildman–Crippen LogP) is 3.25. The number of nitrogens with zero attached hydrogens (tertiary/aromatic N) is 1. The van der Waals surface area contributed by atoms with Gasteiger partial charge in [0.2, 0.25) is 0 Å². The lowest BCUT2D eigenvalue weighted by Crippen LogP contribution is -2.52. The maximum Gasteiger partial charge on any atom is 0.0962 e. The maximum absolute atomic E-state index is 13.1. The topological polar surface area (TPSA) is 3.24 Å². The van der Waals surface area contributed by atoms with Gasteiger partial charge in [-0.15, -0.1) is 0 Å². The third-order valence-electron chi connectivity index (χ3n) is 3.64. The first-order chi connectivity index (χ1) is 6.43. The zero-order valence-electron chi connectivity index (χ0n) is 10.1. The quantitative estimate of drug-likeness (QED) is 0.663. The number of likely N-dealkylation sites (tertiary alicyclic amines) is 1. The molecular weight excluding hydrogens is 177 g/mol. The smallest absolute Gasteiger partial charge is 0.0962 e. The summed E-state index contributed by atoms with van der Waals surface area (Å²) in [5.41, 5.74) is 0.140. The van der Waals surface area contributed by atoms with Crippen molar-refractivity contribution in [3.8, 4) is 0 Å². The second-order valence-corrected chi connectivity index (χ2v) is 5.68. The molecule has 0 radical (unpaired) electrons. The Bertz CT molecular complexity index is 179. The van der Waals surface area contributed by atoms with Gasteiger partial charge in [0.1, 0.15) is 0 Å². The minimum atomic E-state index is -0.157. The van der Waals surface area contributed by atoms with E-state index in [1.54, 1.807) is 0 Å². The molecule has 1 unspecified atom stereocenters. The van der Waals surface area contributed by atoms with Crippen molar-refractivity contribution < 1.29 is 4.39 Å². The lowest BCUT2D eigenvalue weighted by atomic mass is 9.77. The maximum atomic E-state index is 13.1. The van der Waals surface area contributed by atoms with Gasteiger partial charge in [-0.1, -0.05) is 6.92 Å². The lowest BCUT2D eigenvalue weighted by molar-refractivity contribution is 0.00901. The fourth-order valence-corrected chi connectivity index (χ4v) is 2.27. The average Bonchev–Trinajstić information content (AvgIpc) is 2.16. The van der Waals surface area contributed by atoms with Crippen molar-refractivity contribution in [2.75, 3.05) is 19.8 Å². The van der Waals surface area contributed by atoms with Crippen molar-refractivity contribution in [1.29, 1.82) is 0 Å². The van der Waals surface area contributed by atoms with Gasteiger partial charge in [-0.05, 0) is 46.6 Å². The number of rotatable bonds is 2. The van der Waals surface area contributed by atoms with Crippen LogP contribution in [0.4, 0.5) is 4.39 Å². The van der Waals surface area contributed by atoms with Crippen molar-refractivity contribution in [3.05, 3.63) is 0 Å². The molecule has 0 N–H and O–H groups in total. The molecule has 1 saturated heterocycles. The van der Waals surface area contributed by atoms with E-state index in [2.05, 4.69) is 32.6 Å². The van der Waals surface area contributed by atoms with Crippen LogP contribution in [-0.4, -0.2) is 30.2 Å². The van der Waals surface area contributed by atoms with E-state index in [4.69, 9.17) is 0 Å². The van der Waals surface area contributed by atoms with Crippen LogP contribution in [0.2, 0.25) is 0 Å². The van der Waals surface area contributed by atoms with Gasteiger partial charge < -0.3 is 0 Å². The first-order valence-electron chi connectivity index (χ1n) is 5.74. The fourth-order valence-electron chi connectivity index (χ4n) is 2.27. The second kappa shape index (κ2) is 4.18. The highest BCUT2D eigenvalue weighted by atomic mass is 19.1. The molecule has 0 spiro atoms. The summed E-state index contributed by atoms with van der Waals surface area (Å²) in [5.74, 6) is 0. The monoisotopic (exact) mass is 201 g/mol. The molecule has 0 bridgehead atoms. The van der Waals surface area contributed by atoms with E-state index in [9.17, 15) is 4.39 Å². The zero-order chi connectivity index (χ0) is 10.8. The second-order valence-electron chi connectivity index (χ2n) is 5.68. The summed E-state index contributed by atoms with van der Waals surface area (Å²) in [6, 6.07) is 0. The Kier molecular flexibility index (Phi) is 3.57. The van der Waals surface area contributed by atoms with E-state index in [0.717, 1.165) is 32.4 Å². The fraction of sp³-hybridized carbons (Fsp3) is 1.00. The highest BCUT2D eigenvalue weighted by Crippen LogP contribution is 2.36. The van der Waals surface area contributed by atoms with Crippen LogP contribution in [0.5, 0.6) is 0 Å². The Labute approximate surface area is 87.7 Å². The molecule has 1 atom stereocenters. The molecule has 1 aliphatic rings. The molecule has 1 aliphatic heterocycles. The van der Waals surface area contributed by atoms with Crippen LogP contribution in [0.15, 0.2) is 0 Å². The van der Waals surface area contributed by atoms with Gasteiger partial charge in [-0.3, -0.25) is 9.29 Å². The number of halogens is 1. The van der Waals surface area contributed by atoms with Crippen LogP contribution < -0.4 is 0 Å². The third-order valence-corrected chi connectivity index (χ3v) is 3.64. The summed E-state index contributed by atoms with van der Waals surface area (Å²) in [7, 11) is 0. The molecule has 0 saturated carbocycles. The van der Waals surface area contributed by atoms with E-state index in [1.807, 2.05) is 0 Å². The Morgan fingerprint density at radius 3 is 2.43 bits per heavy atom. The molecule has 0 aliphatic carbocycles. The first-order valence-corrected chi connectivity index (χ1v) is 5.74. The van der Waals surface area contributed by atoms with Crippen LogP contribution in [0.25, 0.3) is 0 Å². The van der Waals surface area contributed by atoms with Gasteiger partial charge in [0.25, 0.3) is 0 Å². The SMILES string of the molecule is CCC1(CF)CCCN(C(C)(C)C)C1. The predicted molar refractivity (Wildman–Crippen MR) is 59.3 cm³/mol. The number of hydrogen-bond donors (Lipinski definition) is 0. The van der Waals surface area contributed by atoms with Gasteiger partial charge in [-0.2, -0.15) is 0 Å². The van der Waals surface area contributed by atoms with Gasteiger partial charge in [0.05, 0.1) is 6.67 Å². The molecule has 0 aromatic heterocycles. The van der Waals surface area contributed by atoms with Crippen molar-refractivity contribution >= 4 is 0 Å². The summed E-state index contributed by atoms with van der Waals surface area (Å²) >= 11 is 0. The number of hydrogen-bond acceptors (Lipinski definition) is 1. The highest BCUT2D eigenvalue weighted by Gasteiger charge is 2.37. The van der Waals surface area contributed by atoms with Crippen molar-refractivity contribution in [2.24, 2.45) is 5.41 Å². The molecule has 2 heteroatoms. The summed E-state index contributed by atoms with van der Waals surface area (Å²) in [6.07, 6.45) is 3.18. The van der Waals surface area contributed by atoms with Gasteiger partial charge in [0, 0.05) is 17.5 Å². The standard InChI is InChI=1S/C12H24FN/c1-5-12(9-13)7-6-8-14(10-12)11(2,3)4/h5-10H2,1-4H3. The molecule has 14 heavy (non-hydrogen) atoms. The number of piperidine rings is 1. The van der Waals surface area contributed by atoms with Crippen LogP contribution in [0, 0.1) is 5.41 Å². The summed E-state index contributed by atoms with van der Waals surface area (Å²) < 4.78 is 13.1. The highest BCUT2D eigenvalue weighted by molar-refractivity contribution is 4.90. The Hall–Kier alpha value is -0.110. The molecule has 1 heterocycles.